The Balaban J connectivity index is 1.70. The molecule has 0 fully saturated rings. The molecule has 1 heterocycles. The van der Waals surface area contributed by atoms with E-state index in [1.54, 1.807) is 29.6 Å². The van der Waals surface area contributed by atoms with Crippen LogP contribution >= 0.6 is 34.5 Å². The minimum absolute atomic E-state index is 0.0511. The van der Waals surface area contributed by atoms with Crippen LogP contribution in [0, 0.1) is 10.1 Å². The molecule has 3 aromatic rings. The van der Waals surface area contributed by atoms with E-state index in [4.69, 9.17) is 27.9 Å². The van der Waals surface area contributed by atoms with E-state index in [0.717, 1.165) is 0 Å². The molecule has 2 aromatic carbocycles. The number of nitro groups is 1. The first-order valence-corrected chi connectivity index (χ1v) is 9.28. The van der Waals surface area contributed by atoms with Crippen LogP contribution in [0.25, 0.3) is 0 Å². The van der Waals surface area contributed by atoms with Gasteiger partial charge in [-0.1, -0.05) is 29.3 Å². The van der Waals surface area contributed by atoms with Gasteiger partial charge in [0, 0.05) is 33.4 Å². The maximum Gasteiger partial charge on any atom is 0.269 e. The Hall–Kier alpha value is -2.61. The molecular formula is C18H12Cl2N2O4S. The smallest absolute Gasteiger partial charge is 0.269 e. The summed E-state index contributed by atoms with van der Waals surface area (Å²) in [5.41, 5.74) is 1.03. The zero-order valence-electron chi connectivity index (χ0n) is 13.6. The van der Waals surface area contributed by atoms with Crippen molar-refractivity contribution in [3.8, 4) is 5.75 Å². The van der Waals surface area contributed by atoms with Gasteiger partial charge in [-0.3, -0.25) is 14.9 Å². The van der Waals surface area contributed by atoms with E-state index in [1.165, 1.54) is 35.6 Å². The monoisotopic (exact) mass is 422 g/mol. The van der Waals surface area contributed by atoms with Crippen molar-refractivity contribution in [2.75, 3.05) is 5.32 Å². The van der Waals surface area contributed by atoms with Crippen LogP contribution in [-0.2, 0) is 6.61 Å². The second-order valence-corrected chi connectivity index (χ2v) is 7.09. The van der Waals surface area contributed by atoms with Crippen LogP contribution in [0.3, 0.4) is 0 Å². The first-order chi connectivity index (χ1) is 13.0. The van der Waals surface area contributed by atoms with Gasteiger partial charge < -0.3 is 10.1 Å². The zero-order valence-corrected chi connectivity index (χ0v) is 16.0. The highest BCUT2D eigenvalue weighted by atomic mass is 35.5. The SMILES string of the molecule is O=C(Nc1ccc([N+](=O)[O-])cc1)c1sccc1OCc1c(Cl)cccc1Cl. The normalized spacial score (nSPS) is 10.4. The fraction of sp³-hybridized carbons (Fsp3) is 0.0556. The Bertz CT molecular complexity index is 969. The number of nitro benzene ring substituents is 1. The van der Waals surface area contributed by atoms with Gasteiger partial charge in [0.15, 0.2) is 0 Å². The van der Waals surface area contributed by atoms with Crippen molar-refractivity contribution < 1.29 is 14.5 Å². The van der Waals surface area contributed by atoms with Crippen LogP contribution in [0.4, 0.5) is 11.4 Å². The summed E-state index contributed by atoms with van der Waals surface area (Å²) in [5.74, 6) is 0.0227. The molecule has 0 aliphatic heterocycles. The molecule has 3 rings (SSSR count). The molecule has 138 valence electrons. The molecule has 0 saturated carbocycles. The van der Waals surface area contributed by atoms with Crippen molar-refractivity contribution in [1.82, 2.24) is 0 Å². The quantitative estimate of drug-likeness (QED) is 0.402. The van der Waals surface area contributed by atoms with Crippen LogP contribution in [0.15, 0.2) is 53.9 Å². The molecule has 1 aromatic heterocycles. The molecular weight excluding hydrogens is 411 g/mol. The number of anilines is 1. The molecule has 27 heavy (non-hydrogen) atoms. The minimum Gasteiger partial charge on any atom is -0.487 e. The van der Waals surface area contributed by atoms with Gasteiger partial charge in [0.2, 0.25) is 0 Å². The molecule has 0 radical (unpaired) electrons. The van der Waals surface area contributed by atoms with E-state index < -0.39 is 4.92 Å². The maximum absolute atomic E-state index is 12.5. The average molecular weight is 423 g/mol. The average Bonchev–Trinajstić information content (AvgIpc) is 3.10. The lowest BCUT2D eigenvalue weighted by atomic mass is 10.2. The van der Waals surface area contributed by atoms with Crippen molar-refractivity contribution in [3.05, 3.63) is 84.5 Å². The second kappa shape index (κ2) is 8.39. The minimum atomic E-state index is -0.503. The number of halogens is 2. The lowest BCUT2D eigenvalue weighted by molar-refractivity contribution is -0.384. The summed E-state index contributed by atoms with van der Waals surface area (Å²) >= 11 is 13.5. The number of ether oxygens (including phenoxy) is 1. The van der Waals surface area contributed by atoms with Gasteiger partial charge in [0.05, 0.1) is 4.92 Å². The highest BCUT2D eigenvalue weighted by molar-refractivity contribution is 7.12. The Morgan fingerprint density at radius 3 is 2.41 bits per heavy atom. The third-order valence-corrected chi connectivity index (χ3v) is 5.21. The molecule has 0 aliphatic rings. The van der Waals surface area contributed by atoms with Crippen LogP contribution in [0.2, 0.25) is 10.0 Å². The van der Waals surface area contributed by atoms with Crippen molar-refractivity contribution in [1.29, 1.82) is 0 Å². The van der Waals surface area contributed by atoms with E-state index in [0.29, 0.717) is 31.9 Å². The molecule has 0 aliphatic carbocycles. The van der Waals surface area contributed by atoms with Gasteiger partial charge >= 0.3 is 0 Å². The van der Waals surface area contributed by atoms with Crippen LogP contribution < -0.4 is 10.1 Å². The van der Waals surface area contributed by atoms with Crippen LogP contribution in [0.5, 0.6) is 5.75 Å². The Morgan fingerprint density at radius 2 is 1.78 bits per heavy atom. The Morgan fingerprint density at radius 1 is 1.11 bits per heavy atom. The Labute approximate surface area is 168 Å². The number of benzene rings is 2. The highest BCUT2D eigenvalue weighted by Gasteiger charge is 2.16. The van der Waals surface area contributed by atoms with Crippen molar-refractivity contribution in [2.45, 2.75) is 6.61 Å². The number of nitrogens with one attached hydrogen (secondary N) is 1. The summed E-state index contributed by atoms with van der Waals surface area (Å²) in [6.45, 7) is 0.118. The lowest BCUT2D eigenvalue weighted by Gasteiger charge is -2.10. The number of carbonyl (C=O) groups is 1. The topological polar surface area (TPSA) is 81.5 Å². The number of carbonyl (C=O) groups excluding carboxylic acids is 1. The standard InChI is InChI=1S/C18H12Cl2N2O4S/c19-14-2-1-3-15(20)13(14)10-26-16-8-9-27-17(16)18(23)21-11-4-6-12(7-5-11)22(24)25/h1-9H,10H2,(H,21,23). The van der Waals surface area contributed by atoms with E-state index in [9.17, 15) is 14.9 Å². The van der Waals surface area contributed by atoms with E-state index in [1.807, 2.05) is 0 Å². The summed E-state index contributed by atoms with van der Waals surface area (Å²) in [6.07, 6.45) is 0. The predicted molar refractivity (Wildman–Crippen MR) is 106 cm³/mol. The van der Waals surface area contributed by atoms with E-state index >= 15 is 0 Å². The molecule has 0 atom stereocenters. The fourth-order valence-corrected chi connectivity index (χ4v) is 3.49. The zero-order chi connectivity index (χ0) is 19.4. The number of amides is 1. The van der Waals surface area contributed by atoms with E-state index in [-0.39, 0.29) is 18.2 Å². The van der Waals surface area contributed by atoms with Crippen molar-refractivity contribution in [3.63, 3.8) is 0 Å². The fourth-order valence-electron chi connectivity index (χ4n) is 2.25. The molecule has 9 heteroatoms. The Kier molecular flexibility index (Phi) is 5.95. The lowest BCUT2D eigenvalue weighted by Crippen LogP contribution is -2.11. The number of rotatable bonds is 6. The summed E-state index contributed by atoms with van der Waals surface area (Å²) < 4.78 is 5.73. The largest absolute Gasteiger partial charge is 0.487 e. The third kappa shape index (κ3) is 4.57. The molecule has 0 unspecified atom stereocenters. The number of nitrogens with zero attached hydrogens (tertiary/aromatic N) is 1. The summed E-state index contributed by atoms with van der Waals surface area (Å²) in [4.78, 5) is 23.0. The first-order valence-electron chi connectivity index (χ1n) is 7.64. The molecule has 0 saturated heterocycles. The molecule has 1 amide bonds. The maximum atomic E-state index is 12.5. The van der Waals surface area contributed by atoms with Gasteiger partial charge in [0.1, 0.15) is 17.2 Å². The number of hydrogen-bond donors (Lipinski definition) is 1. The highest BCUT2D eigenvalue weighted by Crippen LogP contribution is 2.30. The van der Waals surface area contributed by atoms with E-state index in [2.05, 4.69) is 5.32 Å². The number of non-ortho nitro benzene ring substituents is 1. The molecule has 0 spiro atoms. The summed E-state index contributed by atoms with van der Waals surface area (Å²) in [7, 11) is 0. The van der Waals surface area contributed by atoms with Crippen LogP contribution in [-0.4, -0.2) is 10.8 Å². The van der Waals surface area contributed by atoms with Gasteiger partial charge in [0.25, 0.3) is 11.6 Å². The number of thiophene rings is 1. The molecule has 0 bridgehead atoms. The summed E-state index contributed by atoms with van der Waals surface area (Å²) in [5, 5.41) is 16.1. The molecule has 1 N–H and O–H groups in total. The number of hydrogen-bond acceptors (Lipinski definition) is 5. The first kappa shape index (κ1) is 19.2. The predicted octanol–water partition coefficient (Wildman–Crippen LogP) is 5.79. The van der Waals surface area contributed by atoms with Crippen molar-refractivity contribution in [2.24, 2.45) is 0 Å². The molecule has 6 nitrogen and oxygen atoms in total. The summed E-state index contributed by atoms with van der Waals surface area (Å²) in [6, 6.07) is 12.4. The van der Waals surface area contributed by atoms with Gasteiger partial charge in [-0.15, -0.1) is 11.3 Å². The third-order valence-electron chi connectivity index (χ3n) is 3.61. The van der Waals surface area contributed by atoms with Gasteiger partial charge in [-0.2, -0.15) is 0 Å². The van der Waals surface area contributed by atoms with Crippen LogP contribution in [0.1, 0.15) is 15.2 Å². The van der Waals surface area contributed by atoms with Gasteiger partial charge in [-0.05, 0) is 35.7 Å². The van der Waals surface area contributed by atoms with Gasteiger partial charge in [-0.25, -0.2) is 0 Å². The van der Waals surface area contributed by atoms with Crippen molar-refractivity contribution >= 4 is 51.8 Å². The second-order valence-electron chi connectivity index (χ2n) is 5.36.